The number of aromatic nitrogens is 3. The largest absolute Gasteiger partial charge is 0.373 e. The van der Waals surface area contributed by atoms with Crippen molar-refractivity contribution in [1.29, 1.82) is 0 Å². The van der Waals surface area contributed by atoms with E-state index in [0.29, 0.717) is 47.8 Å². The van der Waals surface area contributed by atoms with Crippen LogP contribution in [0.5, 0.6) is 0 Å². The summed E-state index contributed by atoms with van der Waals surface area (Å²) >= 11 is 6.20. The van der Waals surface area contributed by atoms with Crippen LogP contribution >= 0.6 is 11.6 Å². The monoisotopic (exact) mass is 471 g/mol. The lowest BCUT2D eigenvalue weighted by Crippen LogP contribution is -2.30. The van der Waals surface area contributed by atoms with E-state index in [2.05, 4.69) is 20.6 Å². The fourth-order valence-electron chi connectivity index (χ4n) is 3.81. The third kappa shape index (κ3) is 5.04. The average Bonchev–Trinajstić information content (AvgIpc) is 3.22. The van der Waals surface area contributed by atoms with Crippen molar-refractivity contribution in [3.63, 3.8) is 0 Å². The van der Waals surface area contributed by atoms with Gasteiger partial charge in [-0.2, -0.15) is 0 Å². The Morgan fingerprint density at radius 2 is 2.12 bits per heavy atom. The van der Waals surface area contributed by atoms with Crippen molar-refractivity contribution in [2.45, 2.75) is 39.1 Å². The van der Waals surface area contributed by atoms with Gasteiger partial charge in [-0.15, -0.1) is 0 Å². The topological polar surface area (TPSA) is 98.1 Å². The van der Waals surface area contributed by atoms with Crippen molar-refractivity contribution in [3.05, 3.63) is 81.9 Å². The summed E-state index contributed by atoms with van der Waals surface area (Å²) in [6, 6.07) is 5.25. The predicted octanol–water partition coefficient (Wildman–Crippen LogP) is 3.41. The molecule has 0 aliphatic carbocycles. The molecule has 0 saturated carbocycles. The van der Waals surface area contributed by atoms with Gasteiger partial charge >= 0.3 is 0 Å². The molecule has 8 nitrogen and oxygen atoms in total. The molecule has 1 aliphatic rings. The molecule has 33 heavy (non-hydrogen) atoms. The van der Waals surface area contributed by atoms with Crippen LogP contribution < -0.4 is 10.6 Å². The molecule has 1 atom stereocenters. The molecule has 3 aromatic rings. The van der Waals surface area contributed by atoms with Crippen LogP contribution in [0.2, 0.25) is 5.02 Å². The SMILES string of the molecule is CCC(NC(=O)c1cc(C(=O)NCc2cnccn2)n2c1COCC2)c1ccc(F)cc1Cl. The maximum absolute atomic E-state index is 13.4. The van der Waals surface area contributed by atoms with Gasteiger partial charge in [0.2, 0.25) is 0 Å². The molecule has 0 bridgehead atoms. The lowest BCUT2D eigenvalue weighted by atomic mass is 10.0. The highest BCUT2D eigenvalue weighted by molar-refractivity contribution is 6.31. The van der Waals surface area contributed by atoms with Gasteiger partial charge in [0.25, 0.3) is 11.8 Å². The number of halogens is 2. The standard InChI is InChI=1S/C23H23ClFN5O3/c1-2-19(16-4-3-14(25)9-18(16)24)29-22(31)17-10-20(30-7-8-33-13-21(17)30)23(32)28-12-15-11-26-5-6-27-15/h3-6,9-11,19H,2,7-8,12-13H2,1H3,(H,28,32)(H,29,31). The first kappa shape index (κ1) is 22.9. The Morgan fingerprint density at radius 3 is 2.85 bits per heavy atom. The van der Waals surface area contributed by atoms with E-state index in [1.807, 2.05) is 6.92 Å². The van der Waals surface area contributed by atoms with Gasteiger partial charge in [-0.3, -0.25) is 19.6 Å². The minimum atomic E-state index is -0.444. The number of ether oxygens (including phenoxy) is 1. The fourth-order valence-corrected chi connectivity index (χ4v) is 4.11. The summed E-state index contributed by atoms with van der Waals surface area (Å²) in [6.07, 6.45) is 5.24. The van der Waals surface area contributed by atoms with E-state index in [-0.39, 0.29) is 30.0 Å². The van der Waals surface area contributed by atoms with Gasteiger partial charge in [0, 0.05) is 24.0 Å². The number of nitrogens with one attached hydrogen (secondary N) is 2. The molecule has 2 N–H and O–H groups in total. The summed E-state index contributed by atoms with van der Waals surface area (Å²) < 4.78 is 20.8. The summed E-state index contributed by atoms with van der Waals surface area (Å²) in [5.41, 5.74) is 2.61. The van der Waals surface area contributed by atoms with E-state index in [0.717, 1.165) is 0 Å². The van der Waals surface area contributed by atoms with Crippen molar-refractivity contribution >= 4 is 23.4 Å². The zero-order valence-corrected chi connectivity index (χ0v) is 18.7. The maximum Gasteiger partial charge on any atom is 0.268 e. The number of hydrogen-bond donors (Lipinski definition) is 2. The Balaban J connectivity index is 1.56. The average molecular weight is 472 g/mol. The van der Waals surface area contributed by atoms with Crippen LogP contribution in [-0.2, 0) is 24.4 Å². The minimum absolute atomic E-state index is 0.214. The number of rotatable bonds is 7. The molecule has 0 spiro atoms. The summed E-state index contributed by atoms with van der Waals surface area (Å²) in [6.45, 7) is 3.22. The number of fused-ring (bicyclic) bond motifs is 1. The van der Waals surface area contributed by atoms with Crippen LogP contribution in [0.25, 0.3) is 0 Å². The van der Waals surface area contributed by atoms with E-state index in [4.69, 9.17) is 16.3 Å². The summed E-state index contributed by atoms with van der Waals surface area (Å²) in [5.74, 6) is -1.12. The summed E-state index contributed by atoms with van der Waals surface area (Å²) in [7, 11) is 0. The van der Waals surface area contributed by atoms with Gasteiger partial charge in [-0.1, -0.05) is 24.6 Å². The minimum Gasteiger partial charge on any atom is -0.373 e. The molecule has 0 fully saturated rings. The van der Waals surface area contributed by atoms with Gasteiger partial charge in [-0.05, 0) is 30.2 Å². The van der Waals surface area contributed by atoms with Crippen LogP contribution in [0.1, 0.15) is 57.2 Å². The molecule has 172 valence electrons. The Morgan fingerprint density at radius 1 is 1.27 bits per heavy atom. The molecule has 3 heterocycles. The van der Waals surface area contributed by atoms with E-state index in [9.17, 15) is 14.0 Å². The molecule has 1 aliphatic heterocycles. The first-order valence-corrected chi connectivity index (χ1v) is 10.9. The Bertz CT molecular complexity index is 1170. The maximum atomic E-state index is 13.4. The molecule has 2 aromatic heterocycles. The summed E-state index contributed by atoms with van der Waals surface area (Å²) in [4.78, 5) is 34.2. The van der Waals surface area contributed by atoms with Crippen LogP contribution in [0.15, 0.2) is 42.9 Å². The van der Waals surface area contributed by atoms with Crippen molar-refractivity contribution in [3.8, 4) is 0 Å². The van der Waals surface area contributed by atoms with Crippen molar-refractivity contribution in [2.75, 3.05) is 6.61 Å². The predicted molar refractivity (Wildman–Crippen MR) is 119 cm³/mol. The molecule has 0 radical (unpaired) electrons. The van der Waals surface area contributed by atoms with Crippen molar-refractivity contribution in [2.24, 2.45) is 0 Å². The first-order chi connectivity index (χ1) is 16.0. The lowest BCUT2D eigenvalue weighted by molar-refractivity contribution is 0.0776. The van der Waals surface area contributed by atoms with Crippen molar-refractivity contribution in [1.82, 2.24) is 25.2 Å². The first-order valence-electron chi connectivity index (χ1n) is 10.6. The molecule has 1 aromatic carbocycles. The highest BCUT2D eigenvalue weighted by atomic mass is 35.5. The number of hydrogen-bond acceptors (Lipinski definition) is 5. The van der Waals surface area contributed by atoms with Crippen LogP contribution in [0, 0.1) is 5.82 Å². The van der Waals surface area contributed by atoms with E-state index in [1.165, 1.54) is 12.1 Å². The van der Waals surface area contributed by atoms with E-state index in [1.54, 1.807) is 35.3 Å². The number of amides is 2. The fraction of sp³-hybridized carbons (Fsp3) is 0.304. The third-order valence-electron chi connectivity index (χ3n) is 5.48. The number of benzene rings is 1. The molecular formula is C23H23ClFN5O3. The van der Waals surface area contributed by atoms with Crippen LogP contribution in [0.3, 0.4) is 0 Å². The van der Waals surface area contributed by atoms with Gasteiger partial charge in [0.05, 0.1) is 48.9 Å². The smallest absolute Gasteiger partial charge is 0.268 e. The van der Waals surface area contributed by atoms with Crippen molar-refractivity contribution < 1.29 is 18.7 Å². The van der Waals surface area contributed by atoms with Gasteiger partial charge in [-0.25, -0.2) is 4.39 Å². The molecule has 0 saturated heterocycles. The van der Waals surface area contributed by atoms with Crippen LogP contribution in [-0.4, -0.2) is 33.0 Å². The number of nitrogens with zero attached hydrogens (tertiary/aromatic N) is 3. The Labute approximate surface area is 195 Å². The quantitative estimate of drug-likeness (QED) is 0.550. The molecule has 10 heteroatoms. The molecular weight excluding hydrogens is 449 g/mol. The zero-order valence-electron chi connectivity index (χ0n) is 18.0. The summed E-state index contributed by atoms with van der Waals surface area (Å²) in [5, 5.41) is 6.02. The normalized spacial score (nSPS) is 13.8. The lowest BCUT2D eigenvalue weighted by Gasteiger charge is -2.21. The number of carbonyl (C=O) groups is 2. The molecule has 2 amide bonds. The highest BCUT2D eigenvalue weighted by Gasteiger charge is 2.27. The van der Waals surface area contributed by atoms with E-state index >= 15 is 0 Å². The second-order valence-electron chi connectivity index (χ2n) is 7.57. The van der Waals surface area contributed by atoms with Gasteiger partial charge < -0.3 is 19.9 Å². The molecule has 4 rings (SSSR count). The zero-order chi connectivity index (χ0) is 23.4. The Hall–Kier alpha value is -3.30. The Kier molecular flexibility index (Phi) is 7.00. The third-order valence-corrected chi connectivity index (χ3v) is 5.81. The van der Waals surface area contributed by atoms with Crippen LogP contribution in [0.4, 0.5) is 4.39 Å². The van der Waals surface area contributed by atoms with E-state index < -0.39 is 11.9 Å². The second kappa shape index (κ2) is 10.1. The number of carbonyl (C=O) groups excluding carboxylic acids is 2. The van der Waals surface area contributed by atoms with Gasteiger partial charge in [0.1, 0.15) is 11.5 Å². The second-order valence-corrected chi connectivity index (χ2v) is 7.98. The van der Waals surface area contributed by atoms with Gasteiger partial charge in [0.15, 0.2) is 0 Å². The molecule has 1 unspecified atom stereocenters. The highest BCUT2D eigenvalue weighted by Crippen LogP contribution is 2.27.